The molecule has 0 aliphatic carbocycles. The highest BCUT2D eigenvalue weighted by atomic mass is 32.2. The number of hydrogen-bond donors (Lipinski definition) is 7. The lowest BCUT2D eigenvalue weighted by Crippen LogP contribution is -2.60. The Bertz CT molecular complexity index is 634. The van der Waals surface area contributed by atoms with Gasteiger partial charge < -0.3 is 37.6 Å². The van der Waals surface area contributed by atoms with E-state index in [0.717, 1.165) is 0 Å². The van der Waals surface area contributed by atoms with E-state index in [-0.39, 0.29) is 18.8 Å². The third kappa shape index (κ3) is 12.8. The number of rotatable bonds is 17. The minimum atomic E-state index is -1.40. The lowest BCUT2D eigenvalue weighted by molar-refractivity contribution is -0.143. The van der Waals surface area contributed by atoms with Crippen molar-refractivity contribution in [1.82, 2.24) is 16.0 Å². The molecule has 0 aromatic carbocycles. The Kier molecular flexibility index (Phi) is 15.7. The van der Waals surface area contributed by atoms with Gasteiger partial charge in [0.2, 0.25) is 17.7 Å². The van der Waals surface area contributed by atoms with Crippen molar-refractivity contribution < 1.29 is 29.4 Å². The van der Waals surface area contributed by atoms with E-state index in [9.17, 15) is 29.4 Å². The molecule has 0 radical (unpaired) electrons. The third-order valence-electron chi connectivity index (χ3n) is 4.93. The van der Waals surface area contributed by atoms with Gasteiger partial charge in [-0.15, -0.1) is 0 Å². The quantitative estimate of drug-likeness (QED) is 0.127. The minimum absolute atomic E-state index is 0.166. The summed E-state index contributed by atoms with van der Waals surface area (Å²) in [7, 11) is 0. The lowest BCUT2D eigenvalue weighted by atomic mass is 10.0. The van der Waals surface area contributed by atoms with Crippen LogP contribution in [0.2, 0.25) is 0 Å². The van der Waals surface area contributed by atoms with Crippen LogP contribution in [-0.4, -0.2) is 82.7 Å². The number of unbranched alkanes of at least 4 members (excludes halogenated alkanes) is 1. The number of amides is 3. The molecule has 0 heterocycles. The van der Waals surface area contributed by atoms with Crippen molar-refractivity contribution in [1.29, 1.82) is 0 Å². The molecule has 0 fully saturated rings. The number of nitrogens with one attached hydrogen (secondary N) is 3. The molecule has 3 amide bonds. The van der Waals surface area contributed by atoms with Crippen molar-refractivity contribution >= 4 is 35.5 Å². The number of carbonyl (C=O) groups is 4. The molecule has 0 aromatic heterocycles. The van der Waals surface area contributed by atoms with Crippen LogP contribution in [0.15, 0.2) is 0 Å². The van der Waals surface area contributed by atoms with Crippen LogP contribution < -0.4 is 27.4 Å². The van der Waals surface area contributed by atoms with Gasteiger partial charge in [-0.2, -0.15) is 11.8 Å². The first-order valence-corrected chi connectivity index (χ1v) is 12.6. The van der Waals surface area contributed by atoms with E-state index >= 15 is 0 Å². The first-order valence-electron chi connectivity index (χ1n) is 11.2. The summed E-state index contributed by atoms with van der Waals surface area (Å²) in [6.45, 7) is 5.56. The van der Waals surface area contributed by atoms with Gasteiger partial charge in [-0.3, -0.25) is 14.4 Å². The van der Waals surface area contributed by atoms with E-state index in [0.29, 0.717) is 31.6 Å². The normalized spacial score (nSPS) is 15.8. The van der Waals surface area contributed by atoms with Crippen LogP contribution in [0, 0.1) is 5.92 Å². The zero-order valence-corrected chi connectivity index (χ0v) is 20.8. The fourth-order valence-electron chi connectivity index (χ4n) is 3.07. The predicted molar refractivity (Wildman–Crippen MR) is 128 cm³/mol. The van der Waals surface area contributed by atoms with Gasteiger partial charge in [-0.25, -0.2) is 4.79 Å². The van der Waals surface area contributed by atoms with Crippen LogP contribution in [0.1, 0.15) is 52.9 Å². The number of carboxylic acid groups (broad SMARTS) is 1. The minimum Gasteiger partial charge on any atom is -0.480 e. The lowest BCUT2D eigenvalue weighted by Gasteiger charge is -2.26. The fourth-order valence-corrected chi connectivity index (χ4v) is 3.54. The molecule has 192 valence electrons. The summed E-state index contributed by atoms with van der Waals surface area (Å²) in [5.41, 5.74) is 11.3. The Balaban J connectivity index is 5.31. The van der Waals surface area contributed by atoms with Gasteiger partial charge in [0, 0.05) is 0 Å². The summed E-state index contributed by atoms with van der Waals surface area (Å²) in [5, 5.41) is 26.9. The van der Waals surface area contributed by atoms with Crippen molar-refractivity contribution in [2.45, 2.75) is 83.1 Å². The Morgan fingerprint density at radius 2 is 1.52 bits per heavy atom. The second-order valence-electron chi connectivity index (χ2n) is 8.49. The van der Waals surface area contributed by atoms with Crippen LogP contribution in [0.25, 0.3) is 0 Å². The second kappa shape index (κ2) is 16.7. The molecule has 0 aliphatic heterocycles. The Morgan fingerprint density at radius 3 is 2.00 bits per heavy atom. The predicted octanol–water partition coefficient (Wildman–Crippen LogP) is -0.838. The average Bonchev–Trinajstić information content (AvgIpc) is 2.72. The van der Waals surface area contributed by atoms with E-state index in [1.54, 1.807) is 0 Å². The first-order chi connectivity index (χ1) is 15.4. The summed E-state index contributed by atoms with van der Waals surface area (Å²) in [6, 6.07) is -4.32. The molecule has 9 N–H and O–H groups in total. The van der Waals surface area contributed by atoms with Gasteiger partial charge in [0.25, 0.3) is 0 Å². The monoisotopic (exact) mass is 491 g/mol. The molecule has 0 saturated heterocycles. The number of nitrogens with two attached hydrogens (primary N) is 2. The standard InChI is InChI=1S/C21H41N5O6S/c1-12(2)11-14(23)18(28)24-15(8-10-33-4)19(29)26-17(13(3)27)20(30)25-16(21(31)32)7-5-6-9-22/h12-17,27H,5-11,22-23H2,1-4H3,(H,24,28)(H,25,30)(H,26,29)(H,31,32). The van der Waals surface area contributed by atoms with Crippen LogP contribution in [0.4, 0.5) is 0 Å². The van der Waals surface area contributed by atoms with E-state index in [2.05, 4.69) is 16.0 Å². The molecule has 12 heteroatoms. The summed E-state index contributed by atoms with van der Waals surface area (Å²) < 4.78 is 0. The highest BCUT2D eigenvalue weighted by molar-refractivity contribution is 7.98. The van der Waals surface area contributed by atoms with Crippen LogP contribution in [0.3, 0.4) is 0 Å². The molecule has 0 aliphatic rings. The number of aliphatic carboxylic acids is 1. The van der Waals surface area contributed by atoms with Gasteiger partial charge in [0.1, 0.15) is 18.1 Å². The third-order valence-corrected chi connectivity index (χ3v) is 5.57. The molecular weight excluding hydrogens is 450 g/mol. The Hall–Kier alpha value is -1.89. The van der Waals surface area contributed by atoms with Crippen LogP contribution in [-0.2, 0) is 19.2 Å². The maximum absolute atomic E-state index is 12.9. The molecule has 0 rings (SSSR count). The number of carbonyl (C=O) groups excluding carboxylic acids is 3. The molecule has 11 nitrogen and oxygen atoms in total. The molecule has 5 atom stereocenters. The van der Waals surface area contributed by atoms with Crippen molar-refractivity contribution in [2.75, 3.05) is 18.6 Å². The largest absolute Gasteiger partial charge is 0.480 e. The van der Waals surface area contributed by atoms with Crippen molar-refractivity contribution in [3.8, 4) is 0 Å². The van der Waals surface area contributed by atoms with Gasteiger partial charge >= 0.3 is 5.97 Å². The topological polar surface area (TPSA) is 197 Å². The SMILES string of the molecule is CSCCC(NC(=O)C(N)CC(C)C)C(=O)NC(C(=O)NC(CCCCN)C(=O)O)C(C)O. The number of hydrogen-bond acceptors (Lipinski definition) is 8. The van der Waals surface area contributed by atoms with E-state index < -0.39 is 54.0 Å². The summed E-state index contributed by atoms with van der Waals surface area (Å²) in [5.74, 6) is -2.44. The molecular formula is C21H41N5O6S. The highest BCUT2D eigenvalue weighted by Gasteiger charge is 2.32. The number of aliphatic hydroxyl groups is 1. The number of thioether (sulfide) groups is 1. The number of carboxylic acids is 1. The maximum atomic E-state index is 12.9. The summed E-state index contributed by atoms with van der Waals surface area (Å²) in [6.07, 6.45) is 2.56. The average molecular weight is 492 g/mol. The van der Waals surface area contributed by atoms with E-state index in [1.165, 1.54) is 18.7 Å². The number of aliphatic hydroxyl groups excluding tert-OH is 1. The van der Waals surface area contributed by atoms with Crippen LogP contribution in [0.5, 0.6) is 0 Å². The van der Waals surface area contributed by atoms with Gasteiger partial charge in [-0.1, -0.05) is 13.8 Å². The zero-order chi connectivity index (χ0) is 25.6. The van der Waals surface area contributed by atoms with Crippen molar-refractivity contribution in [3.05, 3.63) is 0 Å². The maximum Gasteiger partial charge on any atom is 0.326 e. The van der Waals surface area contributed by atoms with E-state index in [1.807, 2.05) is 20.1 Å². The fraction of sp³-hybridized carbons (Fsp3) is 0.810. The van der Waals surface area contributed by atoms with Gasteiger partial charge in [0.05, 0.1) is 12.1 Å². The van der Waals surface area contributed by atoms with Crippen molar-refractivity contribution in [3.63, 3.8) is 0 Å². The summed E-state index contributed by atoms with van der Waals surface area (Å²) in [4.78, 5) is 49.5. The molecule has 0 saturated carbocycles. The van der Waals surface area contributed by atoms with Crippen LogP contribution >= 0.6 is 11.8 Å². The Labute approximate surface area is 200 Å². The summed E-state index contributed by atoms with van der Waals surface area (Å²) >= 11 is 1.48. The van der Waals surface area contributed by atoms with E-state index in [4.69, 9.17) is 11.5 Å². The second-order valence-corrected chi connectivity index (χ2v) is 9.48. The molecule has 0 aromatic rings. The van der Waals surface area contributed by atoms with Crippen molar-refractivity contribution in [2.24, 2.45) is 17.4 Å². The molecule has 0 spiro atoms. The molecule has 33 heavy (non-hydrogen) atoms. The smallest absolute Gasteiger partial charge is 0.326 e. The van der Waals surface area contributed by atoms with Gasteiger partial charge in [0.15, 0.2) is 0 Å². The first kappa shape index (κ1) is 31.1. The molecule has 5 unspecified atom stereocenters. The Morgan fingerprint density at radius 1 is 0.909 bits per heavy atom. The zero-order valence-electron chi connectivity index (χ0n) is 20.0. The molecule has 0 bridgehead atoms. The highest BCUT2D eigenvalue weighted by Crippen LogP contribution is 2.07. The van der Waals surface area contributed by atoms with Gasteiger partial charge in [-0.05, 0) is 63.5 Å².